The molecule has 5 heteroatoms. The number of carboxylic acids is 1. The van der Waals surface area contributed by atoms with Gasteiger partial charge in [0.1, 0.15) is 0 Å². The number of hydrogen-bond acceptors (Lipinski definition) is 4. The van der Waals surface area contributed by atoms with Gasteiger partial charge in [0.15, 0.2) is 0 Å². The van der Waals surface area contributed by atoms with Crippen LogP contribution in [-0.2, 0) is 9.63 Å². The minimum atomic E-state index is -0.983. The maximum Gasteiger partial charge on any atom is 0.344 e. The third-order valence-corrected chi connectivity index (χ3v) is 2.49. The molecule has 0 bridgehead atoms. The first-order valence-corrected chi connectivity index (χ1v) is 5.34. The SMILES string of the molecule is CCN1CCCC(=NOCC(=O)O)CC1. The Hall–Kier alpha value is -1.10. The van der Waals surface area contributed by atoms with Crippen molar-refractivity contribution < 1.29 is 14.7 Å². The molecule has 1 N–H and O–H groups in total. The fourth-order valence-electron chi connectivity index (χ4n) is 1.62. The summed E-state index contributed by atoms with van der Waals surface area (Å²) >= 11 is 0. The Labute approximate surface area is 89.7 Å². The van der Waals surface area contributed by atoms with E-state index in [9.17, 15) is 4.79 Å². The van der Waals surface area contributed by atoms with E-state index in [1.54, 1.807) is 0 Å². The van der Waals surface area contributed by atoms with Crippen molar-refractivity contribution in [2.24, 2.45) is 5.16 Å². The van der Waals surface area contributed by atoms with Gasteiger partial charge in [-0.3, -0.25) is 0 Å². The summed E-state index contributed by atoms with van der Waals surface area (Å²) < 4.78 is 0. The van der Waals surface area contributed by atoms with E-state index < -0.39 is 5.97 Å². The summed E-state index contributed by atoms with van der Waals surface area (Å²) in [6, 6.07) is 0. The highest BCUT2D eigenvalue weighted by molar-refractivity contribution is 5.84. The molecule has 1 saturated heterocycles. The minimum absolute atomic E-state index is 0.346. The topological polar surface area (TPSA) is 62.1 Å². The fraction of sp³-hybridized carbons (Fsp3) is 0.800. The average molecular weight is 214 g/mol. The number of nitrogens with zero attached hydrogens (tertiary/aromatic N) is 2. The number of carbonyl (C=O) groups is 1. The molecule has 0 radical (unpaired) electrons. The standard InChI is InChI=1S/C10H18N2O3/c1-2-12-6-3-4-9(5-7-12)11-15-8-10(13)14/h2-8H2,1H3,(H,13,14). The molecule has 0 unspecified atom stereocenters. The van der Waals surface area contributed by atoms with Crippen molar-refractivity contribution in [3.63, 3.8) is 0 Å². The number of hydrogen-bond donors (Lipinski definition) is 1. The molecule has 1 aliphatic rings. The summed E-state index contributed by atoms with van der Waals surface area (Å²) in [6.45, 7) is 4.94. The van der Waals surface area contributed by atoms with Crippen LogP contribution in [0.1, 0.15) is 26.2 Å². The molecule has 0 aromatic carbocycles. The maximum absolute atomic E-state index is 10.2. The van der Waals surface area contributed by atoms with Crippen LogP contribution >= 0.6 is 0 Å². The lowest BCUT2D eigenvalue weighted by atomic mass is 10.2. The predicted octanol–water partition coefficient (Wildman–Crippen LogP) is 0.949. The van der Waals surface area contributed by atoms with Crippen molar-refractivity contribution >= 4 is 11.7 Å². The molecule has 0 aromatic rings. The first-order valence-electron chi connectivity index (χ1n) is 5.34. The van der Waals surface area contributed by atoms with Crippen molar-refractivity contribution in [3.8, 4) is 0 Å². The van der Waals surface area contributed by atoms with Gasteiger partial charge in [0.25, 0.3) is 0 Å². The van der Waals surface area contributed by atoms with Gasteiger partial charge in [0.2, 0.25) is 6.61 Å². The number of likely N-dealkylation sites (tertiary alicyclic amines) is 1. The first-order chi connectivity index (χ1) is 7.22. The van der Waals surface area contributed by atoms with E-state index in [4.69, 9.17) is 9.94 Å². The van der Waals surface area contributed by atoms with Gasteiger partial charge in [-0.05, 0) is 25.9 Å². The van der Waals surface area contributed by atoms with Crippen molar-refractivity contribution in [1.29, 1.82) is 0 Å². The number of rotatable bonds is 4. The van der Waals surface area contributed by atoms with Crippen molar-refractivity contribution in [1.82, 2.24) is 4.90 Å². The second-order valence-corrected chi connectivity index (χ2v) is 3.61. The van der Waals surface area contributed by atoms with Crippen LogP contribution in [0, 0.1) is 0 Å². The highest BCUT2D eigenvalue weighted by Gasteiger charge is 2.11. The molecular formula is C10H18N2O3. The molecule has 0 amide bonds. The molecule has 0 spiro atoms. The van der Waals surface area contributed by atoms with Crippen LogP contribution in [0.25, 0.3) is 0 Å². The van der Waals surface area contributed by atoms with E-state index in [0.29, 0.717) is 0 Å². The zero-order chi connectivity index (χ0) is 11.1. The van der Waals surface area contributed by atoms with Crippen molar-refractivity contribution in [3.05, 3.63) is 0 Å². The smallest absolute Gasteiger partial charge is 0.344 e. The summed E-state index contributed by atoms with van der Waals surface area (Å²) in [5, 5.41) is 12.2. The predicted molar refractivity (Wildman–Crippen MR) is 57.0 cm³/mol. The highest BCUT2D eigenvalue weighted by atomic mass is 16.6. The Morgan fingerprint density at radius 1 is 1.53 bits per heavy atom. The molecule has 0 saturated carbocycles. The monoisotopic (exact) mass is 214 g/mol. The maximum atomic E-state index is 10.2. The van der Waals surface area contributed by atoms with E-state index in [1.807, 2.05) is 0 Å². The zero-order valence-corrected chi connectivity index (χ0v) is 9.11. The largest absolute Gasteiger partial charge is 0.479 e. The molecule has 0 aliphatic carbocycles. The Morgan fingerprint density at radius 3 is 3.00 bits per heavy atom. The molecule has 1 rings (SSSR count). The van der Waals surface area contributed by atoms with E-state index in [2.05, 4.69) is 17.0 Å². The first kappa shape index (κ1) is 12.0. The lowest BCUT2D eigenvalue weighted by Gasteiger charge is -2.15. The Balaban J connectivity index is 2.32. The van der Waals surface area contributed by atoms with Crippen molar-refractivity contribution in [2.75, 3.05) is 26.2 Å². The van der Waals surface area contributed by atoms with Crippen LogP contribution in [0.5, 0.6) is 0 Å². The quantitative estimate of drug-likeness (QED) is 0.708. The summed E-state index contributed by atoms with van der Waals surface area (Å²) in [6.07, 6.45) is 2.87. The van der Waals surface area contributed by atoms with Crippen LogP contribution in [-0.4, -0.2) is 47.9 Å². The molecule has 0 atom stereocenters. The normalized spacial score (nSPS) is 21.3. The van der Waals surface area contributed by atoms with Gasteiger partial charge in [-0.25, -0.2) is 4.79 Å². The highest BCUT2D eigenvalue weighted by Crippen LogP contribution is 2.08. The number of oxime groups is 1. The van der Waals surface area contributed by atoms with Crippen LogP contribution in [0.4, 0.5) is 0 Å². The summed E-state index contributed by atoms with van der Waals surface area (Å²) in [4.78, 5) is 17.3. The Kier molecular flexibility index (Phi) is 5.10. The van der Waals surface area contributed by atoms with Crippen LogP contribution in [0.2, 0.25) is 0 Å². The van der Waals surface area contributed by atoms with Crippen LogP contribution in [0.3, 0.4) is 0 Å². The Morgan fingerprint density at radius 2 is 2.33 bits per heavy atom. The minimum Gasteiger partial charge on any atom is -0.479 e. The zero-order valence-electron chi connectivity index (χ0n) is 9.11. The molecule has 15 heavy (non-hydrogen) atoms. The summed E-state index contributed by atoms with van der Waals surface area (Å²) in [5.41, 5.74) is 0.979. The summed E-state index contributed by atoms with van der Waals surface area (Å²) in [7, 11) is 0. The third-order valence-electron chi connectivity index (χ3n) is 2.49. The van der Waals surface area contributed by atoms with Gasteiger partial charge >= 0.3 is 5.97 Å². The lowest BCUT2D eigenvalue weighted by molar-refractivity contribution is -0.142. The van der Waals surface area contributed by atoms with Crippen LogP contribution in [0.15, 0.2) is 5.16 Å². The van der Waals surface area contributed by atoms with Crippen molar-refractivity contribution in [2.45, 2.75) is 26.2 Å². The molecule has 0 aromatic heterocycles. The molecule has 86 valence electrons. The van der Waals surface area contributed by atoms with E-state index in [0.717, 1.165) is 44.6 Å². The number of carboxylic acid groups (broad SMARTS) is 1. The molecule has 1 heterocycles. The van der Waals surface area contributed by atoms with E-state index in [1.165, 1.54) is 0 Å². The van der Waals surface area contributed by atoms with Gasteiger partial charge in [-0.15, -0.1) is 0 Å². The molecule has 1 aliphatic heterocycles. The second kappa shape index (κ2) is 6.40. The second-order valence-electron chi connectivity index (χ2n) is 3.61. The van der Waals surface area contributed by atoms with Gasteiger partial charge < -0.3 is 14.8 Å². The lowest BCUT2D eigenvalue weighted by Crippen LogP contribution is -2.24. The van der Waals surface area contributed by atoms with Gasteiger partial charge in [0.05, 0.1) is 5.71 Å². The summed E-state index contributed by atoms with van der Waals surface area (Å²) in [5.74, 6) is -0.983. The van der Waals surface area contributed by atoms with Gasteiger partial charge in [-0.2, -0.15) is 0 Å². The van der Waals surface area contributed by atoms with Gasteiger partial charge in [0, 0.05) is 13.0 Å². The third kappa shape index (κ3) is 4.78. The van der Waals surface area contributed by atoms with Crippen LogP contribution < -0.4 is 0 Å². The number of aliphatic carboxylic acids is 1. The van der Waals surface area contributed by atoms with Gasteiger partial charge in [-0.1, -0.05) is 12.1 Å². The molecule has 1 fully saturated rings. The van der Waals surface area contributed by atoms with E-state index >= 15 is 0 Å². The average Bonchev–Trinajstić information content (AvgIpc) is 2.42. The molecule has 5 nitrogen and oxygen atoms in total. The van der Waals surface area contributed by atoms with E-state index in [-0.39, 0.29) is 6.61 Å². The fourth-order valence-corrected chi connectivity index (χ4v) is 1.62. The Bertz CT molecular complexity index is 241. The molecular weight excluding hydrogens is 196 g/mol.